The van der Waals surface area contributed by atoms with Gasteiger partial charge in [-0.15, -0.1) is 0 Å². The van der Waals surface area contributed by atoms with Crippen LogP contribution in [-0.2, 0) is 0 Å². The molecule has 6 heteroatoms. The lowest BCUT2D eigenvalue weighted by molar-refractivity contribution is -0.384. The average Bonchev–Trinajstić information content (AvgIpc) is 3.08. The van der Waals surface area contributed by atoms with Gasteiger partial charge in [-0.1, -0.05) is 23.7 Å². The van der Waals surface area contributed by atoms with E-state index in [0.717, 1.165) is 5.56 Å². The highest BCUT2D eigenvalue weighted by Gasteiger charge is 2.09. The molecule has 3 rings (SSSR count). The molecule has 122 valence electrons. The molecular formula is C19H11ClN2O3. The van der Waals surface area contributed by atoms with E-state index in [2.05, 4.69) is 6.07 Å². The third-order valence-corrected chi connectivity index (χ3v) is 3.77. The number of nitrogens with zero attached hydrogens (tertiary/aromatic N) is 2. The van der Waals surface area contributed by atoms with E-state index in [-0.39, 0.29) is 5.69 Å². The second-order valence-corrected chi connectivity index (χ2v) is 5.62. The van der Waals surface area contributed by atoms with Crippen LogP contribution in [0, 0.1) is 21.4 Å². The highest BCUT2D eigenvalue weighted by atomic mass is 35.5. The zero-order valence-corrected chi connectivity index (χ0v) is 13.6. The summed E-state index contributed by atoms with van der Waals surface area (Å²) in [6, 6.07) is 18.7. The molecule has 0 unspecified atom stereocenters. The molecule has 0 bridgehead atoms. The Labute approximate surface area is 148 Å². The minimum atomic E-state index is -0.483. The van der Waals surface area contributed by atoms with Crippen molar-refractivity contribution in [2.45, 2.75) is 0 Å². The van der Waals surface area contributed by atoms with Gasteiger partial charge in [0.15, 0.2) is 0 Å². The maximum absolute atomic E-state index is 10.7. The summed E-state index contributed by atoms with van der Waals surface area (Å²) >= 11 is 5.98. The topological polar surface area (TPSA) is 80.1 Å². The van der Waals surface area contributed by atoms with Gasteiger partial charge in [0.05, 0.1) is 16.6 Å². The molecule has 0 N–H and O–H groups in total. The monoisotopic (exact) mass is 350 g/mol. The van der Waals surface area contributed by atoms with E-state index in [1.165, 1.54) is 24.3 Å². The first-order chi connectivity index (χ1) is 12.1. The summed E-state index contributed by atoms with van der Waals surface area (Å²) in [5.74, 6) is 1.14. The lowest BCUT2D eigenvalue weighted by atomic mass is 10.1. The molecule has 0 saturated heterocycles. The highest BCUT2D eigenvalue weighted by Crippen LogP contribution is 2.27. The summed E-state index contributed by atoms with van der Waals surface area (Å²) < 4.78 is 5.75. The van der Waals surface area contributed by atoms with Gasteiger partial charge in [-0.3, -0.25) is 10.1 Å². The van der Waals surface area contributed by atoms with Crippen LogP contribution in [-0.4, -0.2) is 4.92 Å². The van der Waals surface area contributed by atoms with Crippen molar-refractivity contribution in [3.8, 4) is 17.4 Å². The molecule has 0 aliphatic carbocycles. The Hall–Kier alpha value is -3.36. The number of allylic oxidation sites excluding steroid dienone is 1. The van der Waals surface area contributed by atoms with Gasteiger partial charge < -0.3 is 4.42 Å². The van der Waals surface area contributed by atoms with Crippen LogP contribution in [0.25, 0.3) is 23.0 Å². The van der Waals surface area contributed by atoms with Crippen LogP contribution in [0.3, 0.4) is 0 Å². The van der Waals surface area contributed by atoms with Crippen molar-refractivity contribution >= 4 is 28.9 Å². The van der Waals surface area contributed by atoms with Crippen LogP contribution in [0.5, 0.6) is 0 Å². The van der Waals surface area contributed by atoms with E-state index in [1.807, 2.05) is 12.1 Å². The summed E-state index contributed by atoms with van der Waals surface area (Å²) in [7, 11) is 0. The number of nitro benzene ring substituents is 1. The second kappa shape index (κ2) is 7.04. The van der Waals surface area contributed by atoms with Gasteiger partial charge in [0.1, 0.15) is 11.5 Å². The van der Waals surface area contributed by atoms with E-state index in [4.69, 9.17) is 16.0 Å². The molecule has 25 heavy (non-hydrogen) atoms. The van der Waals surface area contributed by atoms with Crippen molar-refractivity contribution in [2.24, 2.45) is 0 Å². The van der Waals surface area contributed by atoms with Crippen molar-refractivity contribution in [3.63, 3.8) is 0 Å². The van der Waals surface area contributed by atoms with Crippen LogP contribution >= 0.6 is 11.6 Å². The molecule has 0 atom stereocenters. The number of nitro groups is 1. The van der Waals surface area contributed by atoms with Gasteiger partial charge in [-0.25, -0.2) is 0 Å². The minimum Gasteiger partial charge on any atom is -0.457 e. The van der Waals surface area contributed by atoms with Crippen molar-refractivity contribution < 1.29 is 9.34 Å². The molecule has 3 aromatic rings. The molecule has 0 aliphatic heterocycles. The number of non-ortho nitro benzene ring substituents is 1. The lowest BCUT2D eigenvalue weighted by Gasteiger charge is -1.99. The molecule has 5 nitrogen and oxygen atoms in total. The summed E-state index contributed by atoms with van der Waals surface area (Å²) in [6.45, 7) is 0. The number of benzene rings is 2. The number of hydrogen-bond donors (Lipinski definition) is 0. The molecule has 0 amide bonds. The Kier molecular flexibility index (Phi) is 4.64. The van der Waals surface area contributed by atoms with Crippen LogP contribution in [0.15, 0.2) is 65.1 Å². The van der Waals surface area contributed by atoms with E-state index in [9.17, 15) is 15.4 Å². The van der Waals surface area contributed by atoms with Crippen molar-refractivity contribution in [3.05, 3.63) is 87.1 Å². The first-order valence-corrected chi connectivity index (χ1v) is 7.67. The average molecular weight is 351 g/mol. The van der Waals surface area contributed by atoms with Crippen molar-refractivity contribution in [1.29, 1.82) is 5.26 Å². The van der Waals surface area contributed by atoms with E-state index < -0.39 is 4.92 Å². The largest absolute Gasteiger partial charge is 0.457 e. The SMILES string of the molecule is N#CC(=Cc1ccc(-c2cccc(Cl)c2)o1)c1ccc([N+](=O)[O-])cc1. The standard InChI is InChI=1S/C19H11ClN2O3/c20-16-3-1-2-14(10-16)19-9-8-18(25-19)11-15(12-21)13-4-6-17(7-5-13)22(23)24/h1-11H. The van der Waals surface area contributed by atoms with Crippen LogP contribution in [0.2, 0.25) is 5.02 Å². The number of halogens is 1. The fourth-order valence-electron chi connectivity index (χ4n) is 2.31. The molecule has 1 aromatic heterocycles. The van der Waals surface area contributed by atoms with Gasteiger partial charge in [0.25, 0.3) is 5.69 Å². The fraction of sp³-hybridized carbons (Fsp3) is 0. The zero-order chi connectivity index (χ0) is 17.8. The predicted octanol–water partition coefficient (Wildman–Crippen LogP) is 5.57. The second-order valence-electron chi connectivity index (χ2n) is 5.19. The van der Waals surface area contributed by atoms with Gasteiger partial charge >= 0.3 is 0 Å². The lowest BCUT2D eigenvalue weighted by Crippen LogP contribution is -1.88. The quantitative estimate of drug-likeness (QED) is 0.350. The summed E-state index contributed by atoms with van der Waals surface area (Å²) in [4.78, 5) is 10.2. The Morgan fingerprint density at radius 1 is 1.16 bits per heavy atom. The molecule has 1 heterocycles. The van der Waals surface area contributed by atoms with E-state index >= 15 is 0 Å². The molecular weight excluding hydrogens is 340 g/mol. The first-order valence-electron chi connectivity index (χ1n) is 7.29. The number of nitriles is 1. The van der Waals surface area contributed by atoms with Gasteiger partial charge in [0, 0.05) is 22.7 Å². The molecule has 2 aromatic carbocycles. The zero-order valence-electron chi connectivity index (χ0n) is 12.8. The molecule has 0 radical (unpaired) electrons. The normalized spacial score (nSPS) is 11.1. The minimum absolute atomic E-state index is 0.0257. The van der Waals surface area contributed by atoms with E-state index in [1.54, 1.807) is 30.3 Å². The Morgan fingerprint density at radius 2 is 1.92 bits per heavy atom. The third-order valence-electron chi connectivity index (χ3n) is 3.53. The molecule has 0 aliphatic rings. The molecule has 0 saturated carbocycles. The van der Waals surface area contributed by atoms with Crippen molar-refractivity contribution in [1.82, 2.24) is 0 Å². The predicted molar refractivity (Wildman–Crippen MR) is 95.7 cm³/mol. The van der Waals surface area contributed by atoms with Crippen LogP contribution in [0.4, 0.5) is 5.69 Å². The maximum atomic E-state index is 10.7. The van der Waals surface area contributed by atoms with Gasteiger partial charge in [-0.2, -0.15) is 5.26 Å². The van der Waals surface area contributed by atoms with Crippen molar-refractivity contribution in [2.75, 3.05) is 0 Å². The number of furan rings is 1. The Bertz CT molecular complexity index is 998. The third kappa shape index (κ3) is 3.77. The van der Waals surface area contributed by atoms with Crippen LogP contribution < -0.4 is 0 Å². The van der Waals surface area contributed by atoms with E-state index in [0.29, 0.717) is 27.7 Å². The first kappa shape index (κ1) is 16.5. The van der Waals surface area contributed by atoms with Gasteiger partial charge in [0.2, 0.25) is 0 Å². The molecule has 0 fully saturated rings. The van der Waals surface area contributed by atoms with Crippen LogP contribution in [0.1, 0.15) is 11.3 Å². The Balaban J connectivity index is 1.90. The Morgan fingerprint density at radius 3 is 2.56 bits per heavy atom. The number of rotatable bonds is 4. The number of hydrogen-bond acceptors (Lipinski definition) is 4. The summed E-state index contributed by atoms with van der Waals surface area (Å²) in [6.07, 6.45) is 1.59. The molecule has 0 spiro atoms. The summed E-state index contributed by atoms with van der Waals surface area (Å²) in [5.41, 5.74) is 1.74. The van der Waals surface area contributed by atoms with Gasteiger partial charge in [-0.05, 0) is 48.0 Å². The summed E-state index contributed by atoms with van der Waals surface area (Å²) in [5, 5.41) is 20.7. The fourth-order valence-corrected chi connectivity index (χ4v) is 2.50. The highest BCUT2D eigenvalue weighted by molar-refractivity contribution is 6.30. The smallest absolute Gasteiger partial charge is 0.269 e. The maximum Gasteiger partial charge on any atom is 0.269 e.